The number of carbonyl (C=O) groups is 1. The van der Waals surface area contributed by atoms with Crippen molar-refractivity contribution in [1.29, 1.82) is 0 Å². The molecule has 3 aliphatic heterocycles. The summed E-state index contributed by atoms with van der Waals surface area (Å²) >= 11 is 0. The number of nitrogens with zero attached hydrogens (tertiary/aromatic N) is 2. The van der Waals surface area contributed by atoms with E-state index in [1.165, 1.54) is 37.7 Å². The second-order valence-electron chi connectivity index (χ2n) is 11.3. The van der Waals surface area contributed by atoms with Gasteiger partial charge in [0.2, 0.25) is 12.0 Å². The molecule has 48 heavy (non-hydrogen) atoms. The monoisotopic (exact) mass is 664 g/mol. The van der Waals surface area contributed by atoms with E-state index >= 15 is 0 Å². The van der Waals surface area contributed by atoms with E-state index in [9.17, 15) is 40.5 Å². The van der Waals surface area contributed by atoms with E-state index in [1.54, 1.807) is 36.4 Å². The number of aliphatic hydroxyl groups is 4. The highest BCUT2D eigenvalue weighted by atomic mass is 16.7. The Morgan fingerprint density at radius 3 is 2.52 bits per heavy atom. The van der Waals surface area contributed by atoms with Gasteiger partial charge in [-0.1, -0.05) is 24.3 Å². The third-order valence-electron chi connectivity index (χ3n) is 8.13. The lowest BCUT2D eigenvalue weighted by atomic mass is 9.80. The summed E-state index contributed by atoms with van der Waals surface area (Å²) in [6.07, 6.45) is -6.86. The maximum Gasteiger partial charge on any atom is 0.336 e. The van der Waals surface area contributed by atoms with Gasteiger partial charge in [0.05, 0.1) is 13.7 Å². The van der Waals surface area contributed by atoms with E-state index in [4.69, 9.17) is 23.7 Å². The van der Waals surface area contributed by atoms with Gasteiger partial charge in [0.25, 0.3) is 0 Å². The van der Waals surface area contributed by atoms with Gasteiger partial charge in [-0.15, -0.1) is 0 Å². The molecule has 0 amide bonds. The van der Waals surface area contributed by atoms with Crippen LogP contribution in [-0.4, -0.2) is 97.6 Å². The summed E-state index contributed by atoms with van der Waals surface area (Å²) in [7, 11) is 1.52. The highest BCUT2D eigenvalue weighted by Crippen LogP contribution is 2.51. The zero-order valence-corrected chi connectivity index (χ0v) is 25.3. The van der Waals surface area contributed by atoms with Crippen LogP contribution in [0.15, 0.2) is 70.7 Å². The van der Waals surface area contributed by atoms with Gasteiger partial charge in [-0.2, -0.15) is 0 Å². The average Bonchev–Trinajstić information content (AvgIpc) is 3.57. The Kier molecular flexibility index (Phi) is 8.85. The van der Waals surface area contributed by atoms with E-state index in [0.29, 0.717) is 16.9 Å². The molecule has 0 spiro atoms. The predicted octanol–water partition coefficient (Wildman–Crippen LogP) is 2.23. The van der Waals surface area contributed by atoms with Crippen LogP contribution in [0.25, 0.3) is 5.76 Å². The van der Waals surface area contributed by atoms with Crippen molar-refractivity contribution in [3.05, 3.63) is 77.4 Å². The minimum Gasteiger partial charge on any atom is -0.508 e. The summed E-state index contributed by atoms with van der Waals surface area (Å²) in [4.78, 5) is 20.1. The molecule has 0 saturated carbocycles. The fourth-order valence-electron chi connectivity index (χ4n) is 5.69. The maximum atomic E-state index is 12.3. The number of phenols is 2. The Labute approximate surface area is 272 Å². The first-order valence-electron chi connectivity index (χ1n) is 14.7. The molecule has 15 nitrogen and oxygen atoms in total. The lowest BCUT2D eigenvalue weighted by Crippen LogP contribution is -2.69. The number of aliphatic carboxylic acids is 1. The summed E-state index contributed by atoms with van der Waals surface area (Å²) in [5, 5.41) is 75.8. The normalized spacial score (nSPS) is 26.1. The number of fused-ring (bicyclic) bond motifs is 1. The van der Waals surface area contributed by atoms with Crippen molar-refractivity contribution in [3.8, 4) is 34.5 Å². The van der Waals surface area contributed by atoms with Crippen LogP contribution in [-0.2, 0) is 16.1 Å². The topological polar surface area (TPSA) is 230 Å². The number of phenolic OH excluding ortho intramolecular Hbond substituents is 2. The molecule has 0 aromatic heterocycles. The molecule has 6 rings (SSSR count). The molecule has 6 atom stereocenters. The molecule has 3 aromatic rings. The van der Waals surface area contributed by atoms with Gasteiger partial charge in [-0.25, -0.2) is 9.79 Å². The van der Waals surface area contributed by atoms with Crippen LogP contribution < -0.4 is 18.9 Å². The van der Waals surface area contributed by atoms with Crippen molar-refractivity contribution in [1.82, 2.24) is 0 Å². The molecule has 3 aliphatic rings. The second kappa shape index (κ2) is 13.0. The molecule has 3 aromatic carbocycles. The highest BCUT2D eigenvalue weighted by Gasteiger charge is 2.59. The van der Waals surface area contributed by atoms with E-state index in [1.807, 2.05) is 0 Å². The molecule has 0 radical (unpaired) electrons. The van der Waals surface area contributed by atoms with Crippen molar-refractivity contribution in [2.24, 2.45) is 9.98 Å². The summed E-state index contributed by atoms with van der Waals surface area (Å²) in [5.74, 6) is -2.91. The number of carboxylic acids is 1. The first-order valence-corrected chi connectivity index (χ1v) is 14.7. The highest BCUT2D eigenvalue weighted by molar-refractivity contribution is 5.97. The first-order chi connectivity index (χ1) is 23.0. The van der Waals surface area contributed by atoms with Crippen LogP contribution in [0.4, 0.5) is 0 Å². The Hall–Kier alpha value is -5.35. The molecule has 1 unspecified atom stereocenters. The summed E-state index contributed by atoms with van der Waals surface area (Å²) in [6, 6.07) is 14.1. The molecule has 0 bridgehead atoms. The number of carboxylic acid groups (broad SMARTS) is 1. The number of benzene rings is 3. The molecule has 0 aliphatic carbocycles. The molecule has 15 heteroatoms. The summed E-state index contributed by atoms with van der Waals surface area (Å²) < 4.78 is 28.6. The smallest absolute Gasteiger partial charge is 0.336 e. The minimum absolute atomic E-state index is 0.0455. The van der Waals surface area contributed by atoms with Crippen LogP contribution in [0.2, 0.25) is 0 Å². The zero-order chi connectivity index (χ0) is 34.2. The number of hydrogen-bond donors (Lipinski definition) is 7. The van der Waals surface area contributed by atoms with E-state index in [2.05, 4.69) is 9.98 Å². The molecular formula is C33H32N2O13. The standard InChI is InChI=1S/C33H32N2O13/c1-44-20-7-5-17(6-8-20)22-10-21(37)25-23(46-22)11-24(28(26(25)38)45-14-16-3-2-4-19(36)9-16)47-32-27(39)29(40)33(43,30(48-32)31(41)42)12-18-13-34-15-35-18/h2-11,15,22,27,29-30,32,36-40,43H,12-14H2,1H3,(H,41,42)/t22?,27-,29+,30-,32-,33+/m1/s1. The lowest BCUT2D eigenvalue weighted by molar-refractivity contribution is -0.303. The number of aromatic hydroxyl groups is 2. The van der Waals surface area contributed by atoms with Crippen molar-refractivity contribution in [2.75, 3.05) is 13.7 Å². The van der Waals surface area contributed by atoms with Crippen LogP contribution >= 0.6 is 0 Å². The molecule has 1 saturated heterocycles. The van der Waals surface area contributed by atoms with Crippen LogP contribution in [0.5, 0.6) is 34.5 Å². The fourth-order valence-corrected chi connectivity index (χ4v) is 5.69. The van der Waals surface area contributed by atoms with Gasteiger partial charge in [-0.05, 0) is 35.4 Å². The largest absolute Gasteiger partial charge is 0.508 e. The van der Waals surface area contributed by atoms with Gasteiger partial charge >= 0.3 is 5.97 Å². The Morgan fingerprint density at radius 2 is 1.85 bits per heavy atom. The molecular weight excluding hydrogens is 632 g/mol. The third-order valence-corrected chi connectivity index (χ3v) is 8.13. The first kappa shape index (κ1) is 32.6. The Morgan fingerprint density at radius 1 is 1.08 bits per heavy atom. The molecule has 252 valence electrons. The number of aliphatic imine (C=N–C) groups is 2. The molecule has 1 fully saturated rings. The number of methoxy groups -OCH3 is 1. The van der Waals surface area contributed by atoms with Crippen molar-refractivity contribution in [2.45, 2.75) is 49.3 Å². The molecule has 3 heterocycles. The number of ether oxygens (including phenoxy) is 5. The van der Waals surface area contributed by atoms with Crippen molar-refractivity contribution < 1.29 is 64.2 Å². The van der Waals surface area contributed by atoms with Gasteiger partial charge in [0.1, 0.15) is 65.4 Å². The zero-order valence-electron chi connectivity index (χ0n) is 25.3. The number of rotatable bonds is 10. The van der Waals surface area contributed by atoms with Gasteiger partial charge in [0.15, 0.2) is 17.6 Å². The number of aliphatic hydroxyl groups excluding tert-OH is 3. The number of hydrogen-bond acceptors (Lipinski definition) is 14. The van der Waals surface area contributed by atoms with Gasteiger partial charge in [0, 0.05) is 24.3 Å². The summed E-state index contributed by atoms with van der Waals surface area (Å²) in [6.45, 7) is -0.167. The van der Waals surface area contributed by atoms with Crippen LogP contribution in [0.1, 0.15) is 29.2 Å². The maximum absolute atomic E-state index is 12.3. The van der Waals surface area contributed by atoms with Crippen molar-refractivity contribution in [3.63, 3.8) is 0 Å². The van der Waals surface area contributed by atoms with E-state index in [0.717, 1.165) is 0 Å². The predicted molar refractivity (Wildman–Crippen MR) is 167 cm³/mol. The second-order valence-corrected chi connectivity index (χ2v) is 11.3. The van der Waals surface area contributed by atoms with Crippen LogP contribution in [0, 0.1) is 0 Å². The van der Waals surface area contributed by atoms with E-state index < -0.39 is 54.4 Å². The van der Waals surface area contributed by atoms with Crippen molar-refractivity contribution >= 4 is 23.8 Å². The lowest BCUT2D eigenvalue weighted by Gasteiger charge is -2.46. The third kappa shape index (κ3) is 6.18. The van der Waals surface area contributed by atoms with Gasteiger partial charge in [-0.3, -0.25) is 4.99 Å². The average molecular weight is 665 g/mol. The molecule has 7 N–H and O–H groups in total. The Balaban J connectivity index is 1.36. The Bertz CT molecular complexity index is 1790. The summed E-state index contributed by atoms with van der Waals surface area (Å²) in [5.41, 5.74) is -1.31. The van der Waals surface area contributed by atoms with E-state index in [-0.39, 0.29) is 53.2 Å². The quantitative estimate of drug-likeness (QED) is 0.165. The van der Waals surface area contributed by atoms with Crippen LogP contribution in [0.3, 0.4) is 0 Å². The minimum atomic E-state index is -2.52. The fraction of sp³-hybridized carbons (Fsp3) is 0.303. The van der Waals surface area contributed by atoms with Gasteiger partial charge < -0.3 is 59.4 Å². The SMILES string of the molecule is COc1ccc(C2C=C(O)c3c(cc(O[C@@H]4O[C@H](C(=O)O)[C@](O)(CC5=NC=NC5)[C@@H](O)[C@H]4O)c(OCc4cccc(O)c4)c3O)O2)cc1.